The van der Waals surface area contributed by atoms with Crippen molar-refractivity contribution in [2.75, 3.05) is 0 Å². The Morgan fingerprint density at radius 1 is 0.714 bits per heavy atom. The van der Waals surface area contributed by atoms with Crippen molar-refractivity contribution in [2.24, 2.45) is 9.74 Å². The molecule has 0 atom stereocenters. The Morgan fingerprint density at radius 3 is 1.36 bits per heavy atom. The molecule has 3 aromatic carbocycles. The molecule has 0 aliphatic heterocycles. The molecular formula is C24H24N3P. The zero-order chi connectivity index (χ0) is 20.0. The summed E-state index contributed by atoms with van der Waals surface area (Å²) >= 11 is 0. The van der Waals surface area contributed by atoms with Crippen molar-refractivity contribution in [1.29, 1.82) is 5.26 Å². The average molecular weight is 385 g/mol. The first-order valence-corrected chi connectivity index (χ1v) is 11.0. The number of hydrogen-bond acceptors (Lipinski definition) is 2. The molecule has 4 heteroatoms. The van der Waals surface area contributed by atoms with Crippen LogP contribution >= 0.6 is 7.05 Å². The zero-order valence-corrected chi connectivity index (χ0v) is 17.3. The monoisotopic (exact) mass is 385 g/mol. The van der Waals surface area contributed by atoms with E-state index in [1.165, 1.54) is 0 Å². The molecule has 0 bridgehead atoms. The van der Waals surface area contributed by atoms with Crippen molar-refractivity contribution in [1.82, 2.24) is 0 Å². The quantitative estimate of drug-likeness (QED) is 0.360. The highest BCUT2D eigenvalue weighted by Crippen LogP contribution is 2.46. The maximum absolute atomic E-state index is 9.84. The van der Waals surface area contributed by atoms with Crippen LogP contribution in [0.1, 0.15) is 20.8 Å². The second kappa shape index (κ2) is 8.38. The van der Waals surface area contributed by atoms with Crippen molar-refractivity contribution < 1.29 is 0 Å². The molecule has 0 aliphatic carbocycles. The number of aliphatic imine (C=N–C) groups is 1. The number of benzene rings is 3. The fraction of sp³-hybridized carbons (Fsp3) is 0.167. The normalized spacial score (nSPS) is 12.3. The lowest BCUT2D eigenvalue weighted by atomic mass is 10.1. The molecule has 0 aliphatic rings. The molecule has 0 heterocycles. The summed E-state index contributed by atoms with van der Waals surface area (Å²) in [5.74, 6) is 0.234. The van der Waals surface area contributed by atoms with Gasteiger partial charge in [-0.2, -0.15) is 5.26 Å². The Bertz CT molecular complexity index is 938. The molecule has 3 nitrogen and oxygen atoms in total. The predicted octanol–water partition coefficient (Wildman–Crippen LogP) is 4.88. The molecule has 0 N–H and O–H groups in total. The number of rotatable bonds is 3. The SMILES string of the molecule is CC(C)(C)N=C(C#N)N=P(c1ccccc1)(c1ccccc1)c1ccccc1. The predicted molar refractivity (Wildman–Crippen MR) is 120 cm³/mol. The zero-order valence-electron chi connectivity index (χ0n) is 16.4. The Hall–Kier alpha value is -2.95. The topological polar surface area (TPSA) is 48.5 Å². The van der Waals surface area contributed by atoms with Crippen LogP contribution in [0.4, 0.5) is 0 Å². The van der Waals surface area contributed by atoms with E-state index in [9.17, 15) is 5.26 Å². The third-order valence-corrected chi connectivity index (χ3v) is 7.80. The third-order valence-electron chi connectivity index (χ3n) is 4.18. The second-order valence-electron chi connectivity index (χ2n) is 7.46. The smallest absolute Gasteiger partial charge is 0.227 e. The molecule has 0 radical (unpaired) electrons. The molecule has 3 rings (SSSR count). The van der Waals surface area contributed by atoms with Crippen LogP contribution < -0.4 is 15.9 Å². The van der Waals surface area contributed by atoms with Crippen molar-refractivity contribution in [3.05, 3.63) is 91.0 Å². The van der Waals surface area contributed by atoms with Gasteiger partial charge in [0.25, 0.3) is 0 Å². The van der Waals surface area contributed by atoms with Gasteiger partial charge in [-0.25, -0.2) is 4.74 Å². The summed E-state index contributed by atoms with van der Waals surface area (Å²) in [5, 5.41) is 13.1. The van der Waals surface area contributed by atoms with Crippen LogP contribution in [0, 0.1) is 11.3 Å². The summed E-state index contributed by atoms with van der Waals surface area (Å²) in [6.45, 7) is 5.94. The summed E-state index contributed by atoms with van der Waals surface area (Å²) in [6.07, 6.45) is 0. The highest BCUT2D eigenvalue weighted by Gasteiger charge is 2.28. The summed E-state index contributed by atoms with van der Waals surface area (Å²) in [5.41, 5.74) is -0.381. The van der Waals surface area contributed by atoms with Crippen LogP contribution in [0.15, 0.2) is 101 Å². The Morgan fingerprint density at radius 2 is 1.07 bits per heavy atom. The molecule has 0 fully saturated rings. The summed E-state index contributed by atoms with van der Waals surface area (Å²) in [7, 11) is -2.44. The van der Waals surface area contributed by atoms with Crippen LogP contribution in [-0.4, -0.2) is 11.4 Å². The maximum atomic E-state index is 9.84. The molecule has 0 unspecified atom stereocenters. The molecular weight excluding hydrogens is 361 g/mol. The van der Waals surface area contributed by atoms with Crippen LogP contribution in [0.3, 0.4) is 0 Å². The lowest BCUT2D eigenvalue weighted by molar-refractivity contribution is 0.584. The molecule has 0 saturated heterocycles. The van der Waals surface area contributed by atoms with Gasteiger partial charge in [-0.3, -0.25) is 4.99 Å². The third kappa shape index (κ3) is 4.30. The van der Waals surface area contributed by atoms with E-state index in [2.05, 4.69) is 47.5 Å². The standard InChI is InChI=1S/C24H24N3P/c1-24(2,3)26-23(19-25)27-28(20-13-7-4-8-14-20,21-15-9-5-10-16-21)22-17-11-6-12-18-22/h4-18H,1-3H3. The number of nitriles is 1. The Balaban J connectivity index is 2.47. The van der Waals surface area contributed by atoms with Crippen LogP contribution in [0.2, 0.25) is 0 Å². The minimum atomic E-state index is -2.44. The number of nitrogens with zero attached hydrogens (tertiary/aromatic N) is 3. The van der Waals surface area contributed by atoms with E-state index in [0.717, 1.165) is 15.9 Å². The van der Waals surface area contributed by atoms with E-state index in [0.29, 0.717) is 0 Å². The van der Waals surface area contributed by atoms with Crippen molar-refractivity contribution in [3.8, 4) is 6.07 Å². The molecule has 28 heavy (non-hydrogen) atoms. The van der Waals surface area contributed by atoms with E-state index in [4.69, 9.17) is 4.74 Å². The number of hydrogen-bond donors (Lipinski definition) is 0. The van der Waals surface area contributed by atoms with E-state index in [1.807, 2.05) is 75.4 Å². The molecule has 0 aromatic heterocycles. The first-order chi connectivity index (χ1) is 13.5. The van der Waals surface area contributed by atoms with Gasteiger partial charge in [0.2, 0.25) is 5.84 Å². The van der Waals surface area contributed by atoms with Gasteiger partial charge >= 0.3 is 0 Å². The largest absolute Gasteiger partial charge is 0.251 e. The lowest BCUT2D eigenvalue weighted by Gasteiger charge is -2.26. The van der Waals surface area contributed by atoms with Gasteiger partial charge in [0.05, 0.1) is 12.6 Å². The summed E-state index contributed by atoms with van der Waals surface area (Å²) in [4.78, 5) is 4.61. The van der Waals surface area contributed by atoms with Gasteiger partial charge in [-0.05, 0) is 20.8 Å². The number of amidine groups is 1. The second-order valence-corrected chi connectivity index (χ2v) is 10.5. The molecule has 140 valence electrons. The highest BCUT2D eigenvalue weighted by atomic mass is 31.2. The first kappa shape index (κ1) is 19.8. The highest BCUT2D eigenvalue weighted by molar-refractivity contribution is 7.87. The van der Waals surface area contributed by atoms with Crippen molar-refractivity contribution in [3.63, 3.8) is 0 Å². The summed E-state index contributed by atoms with van der Waals surface area (Å²) in [6, 6.07) is 33.0. The van der Waals surface area contributed by atoms with E-state index >= 15 is 0 Å². The molecule has 0 spiro atoms. The van der Waals surface area contributed by atoms with Gasteiger partial charge < -0.3 is 0 Å². The minimum absolute atomic E-state index is 0.234. The minimum Gasteiger partial charge on any atom is -0.251 e. The van der Waals surface area contributed by atoms with Crippen molar-refractivity contribution in [2.45, 2.75) is 26.3 Å². The molecule has 3 aromatic rings. The van der Waals surface area contributed by atoms with Gasteiger partial charge in [-0.1, -0.05) is 91.0 Å². The van der Waals surface area contributed by atoms with E-state index in [-0.39, 0.29) is 11.4 Å². The molecule has 0 saturated carbocycles. The fourth-order valence-corrected chi connectivity index (χ4v) is 6.51. The fourth-order valence-electron chi connectivity index (χ4n) is 3.08. The van der Waals surface area contributed by atoms with Crippen LogP contribution in [0.5, 0.6) is 0 Å². The molecule has 0 amide bonds. The average Bonchev–Trinajstić information content (AvgIpc) is 2.72. The van der Waals surface area contributed by atoms with Crippen LogP contribution in [-0.2, 0) is 0 Å². The van der Waals surface area contributed by atoms with Gasteiger partial charge in [0.1, 0.15) is 6.07 Å². The van der Waals surface area contributed by atoms with E-state index in [1.54, 1.807) is 0 Å². The first-order valence-electron chi connectivity index (χ1n) is 9.25. The van der Waals surface area contributed by atoms with Crippen LogP contribution in [0.25, 0.3) is 0 Å². The van der Waals surface area contributed by atoms with Gasteiger partial charge in [-0.15, -0.1) is 0 Å². The van der Waals surface area contributed by atoms with Crippen molar-refractivity contribution >= 4 is 28.8 Å². The Labute approximate surface area is 167 Å². The summed E-state index contributed by atoms with van der Waals surface area (Å²) < 4.78 is 5.12. The Kier molecular flexibility index (Phi) is 5.93. The maximum Gasteiger partial charge on any atom is 0.227 e. The lowest BCUT2D eigenvalue weighted by Crippen LogP contribution is -2.26. The van der Waals surface area contributed by atoms with E-state index < -0.39 is 7.05 Å². The van der Waals surface area contributed by atoms with Gasteiger partial charge in [0, 0.05) is 15.9 Å². The van der Waals surface area contributed by atoms with Gasteiger partial charge in [0.15, 0.2) is 0 Å².